The molecular weight excluding hydrogens is 332 g/mol. The van der Waals surface area contributed by atoms with Gasteiger partial charge in [-0.05, 0) is 29.7 Å². The fourth-order valence-electron chi connectivity index (χ4n) is 3.43. The summed E-state index contributed by atoms with van der Waals surface area (Å²) >= 11 is 0. The summed E-state index contributed by atoms with van der Waals surface area (Å²) in [7, 11) is 0. The van der Waals surface area contributed by atoms with Crippen LogP contribution in [0.2, 0.25) is 0 Å². The summed E-state index contributed by atoms with van der Waals surface area (Å²) in [6.45, 7) is 0.214. The van der Waals surface area contributed by atoms with Gasteiger partial charge in [0.1, 0.15) is 0 Å². The van der Waals surface area contributed by atoms with Gasteiger partial charge in [-0.1, -0.05) is 36.4 Å². The highest BCUT2D eigenvalue weighted by atomic mass is 16.7. The van der Waals surface area contributed by atoms with Crippen LogP contribution in [0.3, 0.4) is 0 Å². The minimum atomic E-state index is -0.210. The van der Waals surface area contributed by atoms with Gasteiger partial charge in [0, 0.05) is 6.42 Å². The first-order valence-electron chi connectivity index (χ1n) is 8.71. The van der Waals surface area contributed by atoms with Crippen molar-refractivity contribution in [2.75, 3.05) is 6.79 Å². The van der Waals surface area contributed by atoms with Crippen LogP contribution in [0.1, 0.15) is 30.0 Å². The molecule has 0 radical (unpaired) electrons. The van der Waals surface area contributed by atoms with E-state index in [1.165, 1.54) is 0 Å². The zero-order valence-corrected chi connectivity index (χ0v) is 14.2. The average molecular weight is 352 g/mol. The molecule has 2 aromatic rings. The Morgan fingerprint density at radius 3 is 2.77 bits per heavy atom. The SMILES string of the molecule is O=C(Cc1ccc2c(c1)OCO2)N[C@@H]1CCC(=O)N[C@H]1c1ccccc1. The molecular formula is C20H20N2O4. The summed E-state index contributed by atoms with van der Waals surface area (Å²) in [4.78, 5) is 24.4. The Bertz CT molecular complexity index is 822. The number of carbonyl (C=O) groups is 2. The quantitative estimate of drug-likeness (QED) is 0.883. The summed E-state index contributed by atoms with van der Waals surface area (Å²) < 4.78 is 10.6. The Morgan fingerprint density at radius 2 is 1.92 bits per heavy atom. The smallest absolute Gasteiger partial charge is 0.231 e. The highest BCUT2D eigenvalue weighted by Crippen LogP contribution is 2.32. The number of nitrogens with one attached hydrogen (secondary N) is 2. The standard InChI is InChI=1S/C20H20N2O4/c23-18-9-7-15(20(22-18)14-4-2-1-3-5-14)21-19(24)11-13-6-8-16-17(10-13)26-12-25-16/h1-6,8,10,15,20H,7,9,11-12H2,(H,21,24)(H,22,23)/t15-,20+/m1/s1. The maximum absolute atomic E-state index is 12.5. The molecule has 26 heavy (non-hydrogen) atoms. The Labute approximate surface area is 151 Å². The monoisotopic (exact) mass is 352 g/mol. The largest absolute Gasteiger partial charge is 0.454 e. The highest BCUT2D eigenvalue weighted by molar-refractivity contribution is 5.81. The molecule has 2 heterocycles. The molecule has 6 heteroatoms. The first kappa shape index (κ1) is 16.4. The van der Waals surface area contributed by atoms with E-state index in [9.17, 15) is 9.59 Å². The third kappa shape index (κ3) is 3.49. The molecule has 134 valence electrons. The van der Waals surface area contributed by atoms with Crippen molar-refractivity contribution in [1.29, 1.82) is 0 Å². The van der Waals surface area contributed by atoms with Crippen LogP contribution >= 0.6 is 0 Å². The lowest BCUT2D eigenvalue weighted by atomic mass is 9.91. The van der Waals surface area contributed by atoms with E-state index < -0.39 is 0 Å². The van der Waals surface area contributed by atoms with E-state index in [1.54, 1.807) is 0 Å². The van der Waals surface area contributed by atoms with E-state index in [4.69, 9.17) is 9.47 Å². The van der Waals surface area contributed by atoms with Crippen molar-refractivity contribution >= 4 is 11.8 Å². The van der Waals surface area contributed by atoms with E-state index >= 15 is 0 Å². The lowest BCUT2D eigenvalue weighted by Crippen LogP contribution is -2.50. The van der Waals surface area contributed by atoms with Crippen LogP contribution in [-0.4, -0.2) is 24.6 Å². The molecule has 1 saturated heterocycles. The second-order valence-corrected chi connectivity index (χ2v) is 6.53. The molecule has 0 aromatic heterocycles. The van der Waals surface area contributed by atoms with Crippen LogP contribution in [0.25, 0.3) is 0 Å². The summed E-state index contributed by atoms with van der Waals surface area (Å²) in [5.41, 5.74) is 1.86. The van der Waals surface area contributed by atoms with Gasteiger partial charge in [0.15, 0.2) is 11.5 Å². The van der Waals surface area contributed by atoms with Gasteiger partial charge in [-0.3, -0.25) is 9.59 Å². The Morgan fingerprint density at radius 1 is 1.12 bits per heavy atom. The maximum atomic E-state index is 12.5. The fourth-order valence-corrected chi connectivity index (χ4v) is 3.43. The van der Waals surface area contributed by atoms with Gasteiger partial charge in [-0.2, -0.15) is 0 Å². The van der Waals surface area contributed by atoms with Gasteiger partial charge >= 0.3 is 0 Å². The summed E-state index contributed by atoms with van der Waals surface area (Å²) in [6, 6.07) is 14.9. The van der Waals surface area contributed by atoms with Crippen LogP contribution in [0.5, 0.6) is 11.5 Å². The molecule has 2 atom stereocenters. The number of benzene rings is 2. The second kappa shape index (κ2) is 7.07. The van der Waals surface area contributed by atoms with Gasteiger partial charge in [0.25, 0.3) is 0 Å². The minimum Gasteiger partial charge on any atom is -0.454 e. The minimum absolute atomic E-state index is 0.0140. The lowest BCUT2D eigenvalue weighted by molar-refractivity contribution is -0.126. The third-order valence-corrected chi connectivity index (χ3v) is 4.71. The van der Waals surface area contributed by atoms with Gasteiger partial charge in [-0.15, -0.1) is 0 Å². The molecule has 2 aromatic carbocycles. The molecule has 4 rings (SSSR count). The van der Waals surface area contributed by atoms with Crippen molar-refractivity contribution < 1.29 is 19.1 Å². The zero-order valence-electron chi connectivity index (χ0n) is 14.2. The molecule has 0 unspecified atom stereocenters. The maximum Gasteiger partial charge on any atom is 0.231 e. The first-order chi connectivity index (χ1) is 12.7. The van der Waals surface area contributed by atoms with Crippen molar-refractivity contribution in [1.82, 2.24) is 10.6 Å². The van der Waals surface area contributed by atoms with Gasteiger partial charge in [0.2, 0.25) is 18.6 Å². The molecule has 0 saturated carbocycles. The van der Waals surface area contributed by atoms with Crippen LogP contribution in [0.4, 0.5) is 0 Å². The van der Waals surface area contributed by atoms with E-state index in [2.05, 4.69) is 10.6 Å². The number of ether oxygens (including phenoxy) is 2. The first-order valence-corrected chi connectivity index (χ1v) is 8.71. The Kier molecular flexibility index (Phi) is 4.48. The van der Waals surface area contributed by atoms with Gasteiger partial charge in [-0.25, -0.2) is 0 Å². The molecule has 2 N–H and O–H groups in total. The normalized spacial score (nSPS) is 21.2. The predicted octanol–water partition coefficient (Wildman–Crippen LogP) is 2.09. The summed E-state index contributed by atoms with van der Waals surface area (Å²) in [5, 5.41) is 6.07. The molecule has 0 bridgehead atoms. The van der Waals surface area contributed by atoms with Crippen molar-refractivity contribution in [2.24, 2.45) is 0 Å². The molecule has 2 aliphatic heterocycles. The molecule has 0 spiro atoms. The molecule has 1 fully saturated rings. The molecule has 2 amide bonds. The van der Waals surface area contributed by atoms with Crippen molar-refractivity contribution in [3.8, 4) is 11.5 Å². The number of amides is 2. The molecule has 0 aliphatic carbocycles. The number of fused-ring (bicyclic) bond motifs is 1. The van der Waals surface area contributed by atoms with Crippen LogP contribution in [-0.2, 0) is 16.0 Å². The molecule has 6 nitrogen and oxygen atoms in total. The topological polar surface area (TPSA) is 76.7 Å². The Balaban J connectivity index is 1.44. The van der Waals surface area contributed by atoms with E-state index in [0.29, 0.717) is 24.3 Å². The number of piperidine rings is 1. The van der Waals surface area contributed by atoms with E-state index in [-0.39, 0.29) is 37.1 Å². The number of hydrogen-bond acceptors (Lipinski definition) is 4. The number of rotatable bonds is 4. The van der Waals surface area contributed by atoms with Crippen LogP contribution in [0.15, 0.2) is 48.5 Å². The van der Waals surface area contributed by atoms with Crippen LogP contribution < -0.4 is 20.1 Å². The van der Waals surface area contributed by atoms with Gasteiger partial charge in [0.05, 0.1) is 18.5 Å². The van der Waals surface area contributed by atoms with Crippen LogP contribution in [0, 0.1) is 0 Å². The lowest BCUT2D eigenvalue weighted by Gasteiger charge is -2.33. The van der Waals surface area contributed by atoms with Gasteiger partial charge < -0.3 is 20.1 Å². The second-order valence-electron chi connectivity index (χ2n) is 6.53. The summed E-state index contributed by atoms with van der Waals surface area (Å²) in [5.74, 6) is 1.31. The van der Waals surface area contributed by atoms with E-state index in [1.807, 2.05) is 48.5 Å². The Hall–Kier alpha value is -3.02. The zero-order chi connectivity index (χ0) is 17.9. The number of carbonyl (C=O) groups excluding carboxylic acids is 2. The number of hydrogen-bond donors (Lipinski definition) is 2. The predicted molar refractivity (Wildman–Crippen MR) is 94.8 cm³/mol. The van der Waals surface area contributed by atoms with Crippen molar-refractivity contribution in [2.45, 2.75) is 31.3 Å². The highest BCUT2D eigenvalue weighted by Gasteiger charge is 2.30. The molecule has 2 aliphatic rings. The van der Waals surface area contributed by atoms with Crippen molar-refractivity contribution in [3.63, 3.8) is 0 Å². The van der Waals surface area contributed by atoms with Crippen molar-refractivity contribution in [3.05, 3.63) is 59.7 Å². The van der Waals surface area contributed by atoms with E-state index in [0.717, 1.165) is 11.1 Å². The average Bonchev–Trinajstić information content (AvgIpc) is 3.11. The third-order valence-electron chi connectivity index (χ3n) is 4.71. The summed E-state index contributed by atoms with van der Waals surface area (Å²) in [6.07, 6.45) is 1.29. The fraction of sp³-hybridized carbons (Fsp3) is 0.300.